The maximum Gasteiger partial charge on any atom is 0.312 e. The molecule has 1 aliphatic heterocycles. The number of hydrogen-bond acceptors (Lipinski definition) is 6. The molecule has 0 aliphatic carbocycles. The fraction of sp³-hybridized carbons (Fsp3) is 0.300. The van der Waals surface area contributed by atoms with E-state index in [0.29, 0.717) is 5.52 Å². The van der Waals surface area contributed by atoms with Crippen LogP contribution < -0.4 is 5.73 Å². The van der Waals surface area contributed by atoms with Crippen LogP contribution in [0, 0.1) is 6.08 Å². The third-order valence-electron chi connectivity index (χ3n) is 2.68. The zero-order valence-corrected chi connectivity index (χ0v) is 9.19. The standard InChI is InChI=1S/C10H10FN5O2/c11-10-14-8(12)7-9(15-10)16(4-13-7)6-2-1-5(3-17)18-6/h1-2,4-6,17H,3H2,(H2,12,14,15)/t5-,6+/m0/s1. The number of hydrogen-bond donors (Lipinski definition) is 2. The van der Waals surface area contributed by atoms with Crippen molar-refractivity contribution in [1.29, 1.82) is 0 Å². The molecule has 8 heteroatoms. The monoisotopic (exact) mass is 251 g/mol. The van der Waals surface area contributed by atoms with Gasteiger partial charge in [0.2, 0.25) is 0 Å². The van der Waals surface area contributed by atoms with E-state index in [2.05, 4.69) is 15.0 Å². The van der Waals surface area contributed by atoms with E-state index in [1.807, 2.05) is 0 Å². The second-order valence-corrected chi connectivity index (χ2v) is 3.83. The van der Waals surface area contributed by atoms with Gasteiger partial charge in [-0.05, 0) is 6.08 Å². The number of ether oxygens (including phenoxy) is 1. The van der Waals surface area contributed by atoms with E-state index in [-0.39, 0.29) is 24.2 Å². The molecule has 0 fully saturated rings. The number of anilines is 1. The average Bonchev–Trinajstić information content (AvgIpc) is 2.93. The van der Waals surface area contributed by atoms with Gasteiger partial charge in [0.25, 0.3) is 0 Å². The number of fused-ring (bicyclic) bond motifs is 1. The molecule has 0 radical (unpaired) electrons. The van der Waals surface area contributed by atoms with Crippen LogP contribution in [0.1, 0.15) is 6.23 Å². The highest BCUT2D eigenvalue weighted by atomic mass is 19.1. The van der Waals surface area contributed by atoms with Crippen molar-refractivity contribution in [3.8, 4) is 0 Å². The van der Waals surface area contributed by atoms with Crippen LogP contribution in [0.3, 0.4) is 0 Å². The number of aliphatic hydroxyl groups excluding tert-OH is 1. The molecular formula is C10H10FN5O2. The van der Waals surface area contributed by atoms with E-state index in [0.717, 1.165) is 0 Å². The van der Waals surface area contributed by atoms with Crippen molar-refractivity contribution in [2.75, 3.05) is 12.3 Å². The smallest absolute Gasteiger partial charge is 0.312 e. The molecule has 0 spiro atoms. The van der Waals surface area contributed by atoms with E-state index >= 15 is 0 Å². The van der Waals surface area contributed by atoms with Gasteiger partial charge in [0.15, 0.2) is 23.2 Å². The Morgan fingerprint density at radius 1 is 1.44 bits per heavy atom. The zero-order valence-electron chi connectivity index (χ0n) is 9.19. The van der Waals surface area contributed by atoms with Crippen LogP contribution in [0.5, 0.6) is 0 Å². The molecule has 94 valence electrons. The number of nitrogens with two attached hydrogens (primary N) is 1. The molecule has 3 heterocycles. The maximum atomic E-state index is 13.1. The number of rotatable bonds is 2. The van der Waals surface area contributed by atoms with Crippen LogP contribution in [0.4, 0.5) is 10.2 Å². The van der Waals surface area contributed by atoms with Crippen LogP contribution >= 0.6 is 0 Å². The Morgan fingerprint density at radius 3 is 3.00 bits per heavy atom. The van der Waals surface area contributed by atoms with Gasteiger partial charge in [-0.3, -0.25) is 4.57 Å². The van der Waals surface area contributed by atoms with Gasteiger partial charge in [0, 0.05) is 0 Å². The molecule has 0 unspecified atom stereocenters. The molecule has 0 bridgehead atoms. The van der Waals surface area contributed by atoms with Gasteiger partial charge in [0.1, 0.15) is 6.10 Å². The summed E-state index contributed by atoms with van der Waals surface area (Å²) in [4.78, 5) is 11.1. The topological polar surface area (TPSA) is 99.1 Å². The summed E-state index contributed by atoms with van der Waals surface area (Å²) in [7, 11) is 0. The summed E-state index contributed by atoms with van der Waals surface area (Å²) in [6.07, 6.45) is 3.12. The molecule has 7 nitrogen and oxygen atoms in total. The van der Waals surface area contributed by atoms with Crippen molar-refractivity contribution in [1.82, 2.24) is 19.5 Å². The number of aliphatic hydroxyl groups is 1. The van der Waals surface area contributed by atoms with Crippen LogP contribution in [0.25, 0.3) is 11.2 Å². The number of nitrogen functional groups attached to an aromatic ring is 1. The largest absolute Gasteiger partial charge is 0.393 e. The first-order valence-corrected chi connectivity index (χ1v) is 5.29. The van der Waals surface area contributed by atoms with Gasteiger partial charge in [-0.25, -0.2) is 4.98 Å². The van der Waals surface area contributed by atoms with Crippen molar-refractivity contribution in [3.05, 3.63) is 24.6 Å². The lowest BCUT2D eigenvalue weighted by Crippen LogP contribution is -2.15. The molecule has 3 rings (SSSR count). The molecular weight excluding hydrogens is 241 g/mol. The van der Waals surface area contributed by atoms with E-state index in [1.54, 1.807) is 12.2 Å². The summed E-state index contributed by atoms with van der Waals surface area (Å²) >= 11 is 0. The fourth-order valence-corrected chi connectivity index (χ4v) is 1.85. The lowest BCUT2D eigenvalue weighted by molar-refractivity contribution is -0.00642. The molecule has 0 amide bonds. The highest BCUT2D eigenvalue weighted by Crippen LogP contribution is 2.25. The summed E-state index contributed by atoms with van der Waals surface area (Å²) in [6.45, 7) is -0.120. The normalized spacial score (nSPS) is 23.0. The lowest BCUT2D eigenvalue weighted by atomic mass is 10.4. The molecule has 2 atom stereocenters. The van der Waals surface area contributed by atoms with Gasteiger partial charge < -0.3 is 15.6 Å². The first-order chi connectivity index (χ1) is 8.69. The van der Waals surface area contributed by atoms with E-state index in [1.165, 1.54) is 10.9 Å². The van der Waals surface area contributed by atoms with Crippen LogP contribution in [-0.2, 0) is 4.74 Å². The maximum absolute atomic E-state index is 13.1. The minimum atomic E-state index is -0.914. The van der Waals surface area contributed by atoms with Gasteiger partial charge >= 0.3 is 6.08 Å². The van der Waals surface area contributed by atoms with Crippen LogP contribution in [0.15, 0.2) is 18.5 Å². The molecule has 0 aromatic carbocycles. The van der Waals surface area contributed by atoms with Crippen molar-refractivity contribution in [2.24, 2.45) is 0 Å². The van der Waals surface area contributed by atoms with Gasteiger partial charge in [-0.2, -0.15) is 14.4 Å². The third-order valence-corrected chi connectivity index (χ3v) is 2.68. The Balaban J connectivity index is 2.06. The van der Waals surface area contributed by atoms with E-state index < -0.39 is 12.3 Å². The molecule has 0 saturated carbocycles. The van der Waals surface area contributed by atoms with E-state index in [9.17, 15) is 4.39 Å². The Labute approximate surface area is 101 Å². The SMILES string of the molecule is Nc1nc(F)nc2c1ncn2[C@H]1C=C[C@@H](CO)O1. The molecule has 0 saturated heterocycles. The lowest BCUT2D eigenvalue weighted by Gasteiger charge is -2.13. The van der Waals surface area contributed by atoms with Crippen molar-refractivity contribution >= 4 is 17.0 Å². The Bertz CT molecular complexity index is 626. The first-order valence-electron chi connectivity index (χ1n) is 5.29. The number of halogens is 1. The molecule has 2 aromatic rings. The van der Waals surface area contributed by atoms with Crippen molar-refractivity contribution in [2.45, 2.75) is 12.3 Å². The van der Waals surface area contributed by atoms with Crippen molar-refractivity contribution in [3.63, 3.8) is 0 Å². The van der Waals surface area contributed by atoms with Gasteiger partial charge in [-0.1, -0.05) is 6.08 Å². The second-order valence-electron chi connectivity index (χ2n) is 3.83. The Morgan fingerprint density at radius 2 is 2.28 bits per heavy atom. The Hall–Kier alpha value is -2.06. The zero-order chi connectivity index (χ0) is 12.7. The van der Waals surface area contributed by atoms with Gasteiger partial charge in [0.05, 0.1) is 12.9 Å². The van der Waals surface area contributed by atoms with Gasteiger partial charge in [-0.15, -0.1) is 0 Å². The highest BCUT2D eigenvalue weighted by Gasteiger charge is 2.23. The van der Waals surface area contributed by atoms with E-state index in [4.69, 9.17) is 15.6 Å². The third kappa shape index (κ3) is 1.62. The highest BCUT2D eigenvalue weighted by molar-refractivity contribution is 5.81. The number of aromatic nitrogens is 4. The minimum Gasteiger partial charge on any atom is -0.393 e. The van der Waals surface area contributed by atoms with Crippen molar-refractivity contribution < 1.29 is 14.2 Å². The summed E-state index contributed by atoms with van der Waals surface area (Å²) in [5.74, 6) is -0.0167. The van der Waals surface area contributed by atoms with Crippen LogP contribution in [-0.4, -0.2) is 37.3 Å². The average molecular weight is 251 g/mol. The molecule has 2 aromatic heterocycles. The summed E-state index contributed by atoms with van der Waals surface area (Å²) in [5, 5.41) is 8.98. The van der Waals surface area contributed by atoms with Crippen LogP contribution in [0.2, 0.25) is 0 Å². The molecule has 18 heavy (non-hydrogen) atoms. The second kappa shape index (κ2) is 4.00. The molecule has 1 aliphatic rings. The number of nitrogens with zero attached hydrogens (tertiary/aromatic N) is 4. The predicted octanol–water partition coefficient (Wildman–Crippen LogP) is -0.00650. The minimum absolute atomic E-state index is 0.0167. The summed E-state index contributed by atoms with van der Waals surface area (Å²) in [6, 6.07) is 0. The molecule has 3 N–H and O–H groups in total. The number of imidazole rings is 1. The quantitative estimate of drug-likeness (QED) is 0.575. The summed E-state index contributed by atoms with van der Waals surface area (Å²) < 4.78 is 20.2. The fourth-order valence-electron chi connectivity index (χ4n) is 1.85. The Kier molecular flexibility index (Phi) is 2.46. The first kappa shape index (κ1) is 11.1. The predicted molar refractivity (Wildman–Crippen MR) is 59.8 cm³/mol. The summed E-state index contributed by atoms with van der Waals surface area (Å²) in [5.41, 5.74) is 6.13.